The number of amides is 1. The molecule has 3 aromatic rings. The van der Waals surface area contributed by atoms with Crippen molar-refractivity contribution in [2.45, 2.75) is 46.0 Å². The van der Waals surface area contributed by atoms with Crippen LogP contribution in [0.1, 0.15) is 45.4 Å². The molecule has 34 heavy (non-hydrogen) atoms. The minimum absolute atomic E-state index is 0.0656. The van der Waals surface area contributed by atoms with Gasteiger partial charge in [-0.2, -0.15) is 0 Å². The molecule has 0 unspecified atom stereocenters. The van der Waals surface area contributed by atoms with E-state index in [2.05, 4.69) is 58.3 Å². The second-order valence-electron chi connectivity index (χ2n) is 8.98. The van der Waals surface area contributed by atoms with E-state index in [1.54, 1.807) is 31.9 Å². The lowest BCUT2D eigenvalue weighted by molar-refractivity contribution is -0.115. The third-order valence-electron chi connectivity index (χ3n) is 5.06. The van der Waals surface area contributed by atoms with Gasteiger partial charge in [0.2, 0.25) is 11.9 Å². The summed E-state index contributed by atoms with van der Waals surface area (Å²) < 4.78 is 0. The van der Waals surface area contributed by atoms with Gasteiger partial charge in [-0.05, 0) is 29.7 Å². The van der Waals surface area contributed by atoms with Gasteiger partial charge in [0.15, 0.2) is 0 Å². The molecule has 1 aromatic carbocycles. The Kier molecular flexibility index (Phi) is 8.24. The van der Waals surface area contributed by atoms with Crippen molar-refractivity contribution in [2.24, 2.45) is 4.99 Å². The van der Waals surface area contributed by atoms with Crippen LogP contribution in [0.3, 0.4) is 0 Å². The Balaban J connectivity index is 1.62. The first-order valence-electron chi connectivity index (χ1n) is 11.4. The van der Waals surface area contributed by atoms with Crippen LogP contribution < -0.4 is 10.6 Å². The standard InChI is InChI=1S/C27H32N6O/c1-6-7-23(18-28-5)33-26-30-16-21(17-31-26)20-10-8-19(9-11-20)14-25(34)32-22-12-13-29-24(15-22)27(2,3)4/h7-13,15-18H,6,14H2,1-5H3,(H,29,32,34)(H,30,31,33)/b23-7+,28-18?. The lowest BCUT2D eigenvalue weighted by atomic mass is 9.91. The maximum atomic E-state index is 12.5. The number of pyridine rings is 1. The minimum atomic E-state index is -0.0766. The molecular formula is C27H32N6O. The molecule has 3 rings (SSSR count). The van der Waals surface area contributed by atoms with E-state index in [9.17, 15) is 4.79 Å². The topological polar surface area (TPSA) is 92.2 Å². The van der Waals surface area contributed by atoms with Crippen molar-refractivity contribution in [1.82, 2.24) is 15.0 Å². The number of aliphatic imine (C=N–C) groups is 1. The molecule has 2 heterocycles. The zero-order valence-corrected chi connectivity index (χ0v) is 20.5. The molecule has 2 aromatic heterocycles. The van der Waals surface area contributed by atoms with Gasteiger partial charge in [-0.25, -0.2) is 9.97 Å². The summed E-state index contributed by atoms with van der Waals surface area (Å²) in [5, 5.41) is 6.13. The van der Waals surface area contributed by atoms with Crippen LogP contribution >= 0.6 is 0 Å². The van der Waals surface area contributed by atoms with Crippen LogP contribution in [-0.4, -0.2) is 34.1 Å². The molecule has 0 atom stereocenters. The van der Waals surface area contributed by atoms with Gasteiger partial charge < -0.3 is 10.6 Å². The first-order chi connectivity index (χ1) is 16.3. The largest absolute Gasteiger partial charge is 0.326 e. The van der Waals surface area contributed by atoms with E-state index >= 15 is 0 Å². The highest BCUT2D eigenvalue weighted by molar-refractivity contribution is 5.92. The van der Waals surface area contributed by atoms with Gasteiger partial charge in [0.1, 0.15) is 0 Å². The minimum Gasteiger partial charge on any atom is -0.326 e. The van der Waals surface area contributed by atoms with Gasteiger partial charge in [-0.15, -0.1) is 0 Å². The number of benzene rings is 1. The molecule has 0 bridgehead atoms. The molecule has 0 aliphatic rings. The number of anilines is 2. The van der Waals surface area contributed by atoms with Crippen molar-refractivity contribution in [3.05, 3.63) is 78.0 Å². The Bertz CT molecular complexity index is 1160. The maximum absolute atomic E-state index is 12.5. The Morgan fingerprint density at radius 3 is 2.32 bits per heavy atom. The summed E-state index contributed by atoms with van der Waals surface area (Å²) in [6.45, 7) is 8.35. The molecule has 0 saturated carbocycles. The number of nitrogens with zero attached hydrogens (tertiary/aromatic N) is 4. The summed E-state index contributed by atoms with van der Waals surface area (Å²) in [5.41, 5.74) is 5.30. The molecule has 0 aliphatic heterocycles. The summed E-state index contributed by atoms with van der Waals surface area (Å²) in [6, 6.07) is 11.6. The van der Waals surface area contributed by atoms with Gasteiger partial charge in [-0.3, -0.25) is 14.8 Å². The summed E-state index contributed by atoms with van der Waals surface area (Å²) >= 11 is 0. The van der Waals surface area contributed by atoms with Crippen molar-refractivity contribution in [1.29, 1.82) is 0 Å². The number of allylic oxidation sites excluding steroid dienone is 2. The van der Waals surface area contributed by atoms with Crippen molar-refractivity contribution < 1.29 is 4.79 Å². The van der Waals surface area contributed by atoms with Gasteiger partial charge in [0.05, 0.1) is 12.1 Å². The van der Waals surface area contributed by atoms with E-state index in [0.29, 0.717) is 12.4 Å². The summed E-state index contributed by atoms with van der Waals surface area (Å²) in [6.07, 6.45) is 10.2. The van der Waals surface area contributed by atoms with E-state index in [0.717, 1.165) is 40.2 Å². The van der Waals surface area contributed by atoms with Crippen LogP contribution in [0, 0.1) is 0 Å². The van der Waals surface area contributed by atoms with Crippen LogP contribution in [0.4, 0.5) is 11.6 Å². The van der Waals surface area contributed by atoms with Crippen molar-refractivity contribution in [2.75, 3.05) is 17.7 Å². The Hall–Kier alpha value is -3.87. The number of carbonyl (C=O) groups is 1. The lowest BCUT2D eigenvalue weighted by Gasteiger charge is -2.18. The lowest BCUT2D eigenvalue weighted by Crippen LogP contribution is -2.17. The number of hydrogen-bond acceptors (Lipinski definition) is 6. The molecular weight excluding hydrogens is 424 g/mol. The number of carbonyl (C=O) groups excluding carboxylic acids is 1. The fourth-order valence-electron chi connectivity index (χ4n) is 3.29. The molecule has 7 nitrogen and oxygen atoms in total. The van der Waals surface area contributed by atoms with Crippen LogP contribution in [-0.2, 0) is 16.6 Å². The van der Waals surface area contributed by atoms with Gasteiger partial charge >= 0.3 is 0 Å². The molecule has 7 heteroatoms. The molecule has 0 aliphatic carbocycles. The van der Waals surface area contributed by atoms with Crippen LogP contribution in [0.5, 0.6) is 0 Å². The van der Waals surface area contributed by atoms with Crippen molar-refractivity contribution in [3.63, 3.8) is 0 Å². The Labute approximate surface area is 201 Å². The van der Waals surface area contributed by atoms with Crippen LogP contribution in [0.2, 0.25) is 0 Å². The monoisotopic (exact) mass is 456 g/mol. The molecule has 0 spiro atoms. The SMILES string of the molecule is CC/C=C(\C=NC)Nc1ncc(-c2ccc(CC(=O)Nc3ccnc(C(C)(C)C)c3)cc2)cn1. The number of aromatic nitrogens is 3. The quantitative estimate of drug-likeness (QED) is 0.441. The Morgan fingerprint density at radius 2 is 1.71 bits per heavy atom. The molecule has 0 fully saturated rings. The predicted octanol–water partition coefficient (Wildman–Crippen LogP) is 5.42. The first kappa shape index (κ1) is 24.8. The predicted molar refractivity (Wildman–Crippen MR) is 139 cm³/mol. The molecule has 0 radical (unpaired) electrons. The van der Waals surface area contributed by atoms with E-state index in [4.69, 9.17) is 0 Å². The first-order valence-corrected chi connectivity index (χ1v) is 11.4. The third kappa shape index (κ3) is 7.07. The summed E-state index contributed by atoms with van der Waals surface area (Å²) in [4.78, 5) is 29.8. The zero-order chi connectivity index (χ0) is 24.6. The van der Waals surface area contributed by atoms with E-state index in [1.807, 2.05) is 42.5 Å². The number of nitrogens with one attached hydrogen (secondary N) is 2. The van der Waals surface area contributed by atoms with E-state index in [-0.39, 0.29) is 11.3 Å². The van der Waals surface area contributed by atoms with Crippen LogP contribution in [0.15, 0.2) is 71.8 Å². The fourth-order valence-corrected chi connectivity index (χ4v) is 3.29. The average Bonchev–Trinajstić information content (AvgIpc) is 2.80. The number of hydrogen-bond donors (Lipinski definition) is 2. The smallest absolute Gasteiger partial charge is 0.228 e. The highest BCUT2D eigenvalue weighted by atomic mass is 16.1. The summed E-state index contributed by atoms with van der Waals surface area (Å²) in [5.74, 6) is 0.450. The normalized spacial score (nSPS) is 12.1. The highest BCUT2D eigenvalue weighted by Crippen LogP contribution is 2.23. The van der Waals surface area contributed by atoms with Gasteiger partial charge in [-0.1, -0.05) is 58.0 Å². The molecule has 176 valence electrons. The molecule has 0 saturated heterocycles. The second-order valence-corrected chi connectivity index (χ2v) is 8.98. The molecule has 1 amide bonds. The van der Waals surface area contributed by atoms with E-state index in [1.165, 1.54) is 0 Å². The fraction of sp³-hybridized carbons (Fsp3) is 0.296. The summed E-state index contributed by atoms with van der Waals surface area (Å²) in [7, 11) is 1.73. The second kappa shape index (κ2) is 11.3. The Morgan fingerprint density at radius 1 is 1.00 bits per heavy atom. The number of rotatable bonds is 8. The third-order valence-corrected chi connectivity index (χ3v) is 5.06. The van der Waals surface area contributed by atoms with Gasteiger partial charge in [0.25, 0.3) is 0 Å². The highest BCUT2D eigenvalue weighted by Gasteiger charge is 2.16. The zero-order valence-electron chi connectivity index (χ0n) is 20.5. The van der Waals surface area contributed by atoms with Crippen molar-refractivity contribution >= 4 is 23.8 Å². The average molecular weight is 457 g/mol. The molecule has 2 N–H and O–H groups in total. The van der Waals surface area contributed by atoms with Crippen LogP contribution in [0.25, 0.3) is 11.1 Å². The van der Waals surface area contributed by atoms with Gasteiger partial charge in [0, 0.05) is 54.2 Å². The van der Waals surface area contributed by atoms with E-state index < -0.39 is 0 Å². The van der Waals surface area contributed by atoms with Crippen molar-refractivity contribution in [3.8, 4) is 11.1 Å². The maximum Gasteiger partial charge on any atom is 0.228 e.